The van der Waals surface area contributed by atoms with E-state index in [9.17, 15) is 39.9 Å². The van der Waals surface area contributed by atoms with Gasteiger partial charge in [0.15, 0.2) is 0 Å². The molecule has 3 aromatic rings. The number of nitrogens with zero attached hydrogens (tertiary/aromatic N) is 2. The van der Waals surface area contributed by atoms with E-state index in [1.165, 1.54) is 6.07 Å². The van der Waals surface area contributed by atoms with Crippen LogP contribution >= 0.6 is 0 Å². The lowest BCUT2D eigenvalue weighted by Crippen LogP contribution is -2.33. The molecule has 5 nitrogen and oxygen atoms in total. The largest absolute Gasteiger partial charge is 0.431 e. The SMILES string of the molecule is N#Cc1ccc2c(cc(C(F)(F)F)n2CC(=N)NC(=O)c2cc(F)cc(F)c2)c1C(F)(F)F. The fraction of sp³-hybridized carbons (Fsp3) is 0.150. The monoisotopic (exact) mass is 474 g/mol. The molecule has 0 aliphatic rings. The van der Waals surface area contributed by atoms with Gasteiger partial charge in [0.2, 0.25) is 0 Å². The Labute approximate surface area is 179 Å². The molecule has 0 bridgehead atoms. The summed E-state index contributed by atoms with van der Waals surface area (Å²) < 4.78 is 108. The zero-order valence-electron chi connectivity index (χ0n) is 16.0. The number of nitriles is 1. The normalized spacial score (nSPS) is 12.0. The Morgan fingerprint density at radius 1 is 1.00 bits per heavy atom. The molecule has 3 rings (SSSR count). The highest BCUT2D eigenvalue weighted by atomic mass is 19.4. The number of hydrogen-bond acceptors (Lipinski definition) is 3. The number of amidine groups is 1. The highest BCUT2D eigenvalue weighted by molar-refractivity contribution is 6.05. The van der Waals surface area contributed by atoms with Crippen LogP contribution in [0.2, 0.25) is 0 Å². The first-order valence-electron chi connectivity index (χ1n) is 8.78. The molecule has 1 heterocycles. The van der Waals surface area contributed by atoms with Gasteiger partial charge in [0.25, 0.3) is 5.91 Å². The van der Waals surface area contributed by atoms with E-state index in [2.05, 4.69) is 0 Å². The van der Waals surface area contributed by atoms with Crippen molar-refractivity contribution in [3.8, 4) is 6.07 Å². The molecule has 0 aliphatic carbocycles. The lowest BCUT2D eigenvalue weighted by Gasteiger charge is -2.15. The quantitative estimate of drug-likeness (QED) is 0.310. The number of hydrogen-bond donors (Lipinski definition) is 2. The third kappa shape index (κ3) is 4.79. The molecule has 0 fully saturated rings. The number of carbonyl (C=O) groups excluding carboxylic acids is 1. The molecule has 2 aromatic carbocycles. The second-order valence-electron chi connectivity index (χ2n) is 6.73. The number of fused-ring (bicyclic) bond motifs is 1. The summed E-state index contributed by atoms with van der Waals surface area (Å²) in [5.74, 6) is -4.34. The van der Waals surface area contributed by atoms with Gasteiger partial charge in [0.1, 0.15) is 23.2 Å². The maximum absolute atomic E-state index is 13.6. The number of alkyl halides is 6. The predicted molar refractivity (Wildman–Crippen MR) is 98.2 cm³/mol. The summed E-state index contributed by atoms with van der Waals surface area (Å²) in [6.07, 6.45) is -10.3. The molecule has 0 aliphatic heterocycles. The van der Waals surface area contributed by atoms with Crippen molar-refractivity contribution in [3.05, 3.63) is 70.4 Å². The van der Waals surface area contributed by atoms with Crippen LogP contribution in [0.4, 0.5) is 35.1 Å². The summed E-state index contributed by atoms with van der Waals surface area (Å²) in [4.78, 5) is 12.1. The number of halogens is 8. The van der Waals surface area contributed by atoms with E-state index in [1.807, 2.05) is 5.32 Å². The second kappa shape index (κ2) is 8.19. The van der Waals surface area contributed by atoms with Crippen molar-refractivity contribution < 1.29 is 39.9 Å². The maximum atomic E-state index is 13.6. The van der Waals surface area contributed by atoms with Gasteiger partial charge in [-0.15, -0.1) is 0 Å². The topological polar surface area (TPSA) is 81.7 Å². The second-order valence-corrected chi connectivity index (χ2v) is 6.73. The molecule has 0 radical (unpaired) electrons. The fourth-order valence-corrected chi connectivity index (χ4v) is 3.23. The minimum Gasteiger partial charge on any atom is -0.329 e. The van der Waals surface area contributed by atoms with Crippen LogP contribution in [0.3, 0.4) is 0 Å². The summed E-state index contributed by atoms with van der Waals surface area (Å²) in [6.45, 7) is -1.04. The standard InChI is InChI=1S/C20H10F8N4O/c21-11-3-10(4-12(22)5-11)18(33)31-16(30)8-32-14-2-1-9(7-29)17(20(26,27)28)13(14)6-15(32)19(23,24)25/h1-6H,8H2,(H2,30,31,33). The van der Waals surface area contributed by atoms with Crippen LogP contribution in [-0.4, -0.2) is 16.3 Å². The third-order valence-electron chi connectivity index (χ3n) is 4.48. The maximum Gasteiger partial charge on any atom is 0.431 e. The van der Waals surface area contributed by atoms with Gasteiger partial charge in [-0.3, -0.25) is 10.2 Å². The molecule has 0 atom stereocenters. The summed E-state index contributed by atoms with van der Waals surface area (Å²) >= 11 is 0. The van der Waals surface area contributed by atoms with Crippen LogP contribution < -0.4 is 5.32 Å². The number of carbonyl (C=O) groups is 1. The highest BCUT2D eigenvalue weighted by Crippen LogP contribution is 2.41. The molecule has 0 unspecified atom stereocenters. The Morgan fingerprint density at radius 3 is 2.12 bits per heavy atom. The van der Waals surface area contributed by atoms with E-state index in [0.29, 0.717) is 28.8 Å². The zero-order chi connectivity index (χ0) is 24.7. The smallest absolute Gasteiger partial charge is 0.329 e. The Morgan fingerprint density at radius 2 is 1.61 bits per heavy atom. The number of aromatic nitrogens is 1. The van der Waals surface area contributed by atoms with Crippen LogP contribution in [0.15, 0.2) is 36.4 Å². The van der Waals surface area contributed by atoms with Gasteiger partial charge < -0.3 is 9.88 Å². The molecule has 1 aromatic heterocycles. The predicted octanol–water partition coefficient (Wildman–Crippen LogP) is 5.24. The average molecular weight is 474 g/mol. The van der Waals surface area contributed by atoms with E-state index >= 15 is 0 Å². The number of nitrogens with one attached hydrogen (secondary N) is 2. The number of rotatable bonds is 3. The third-order valence-corrected chi connectivity index (χ3v) is 4.48. The van der Waals surface area contributed by atoms with Crippen molar-refractivity contribution in [2.45, 2.75) is 18.9 Å². The number of amides is 1. The average Bonchev–Trinajstić information content (AvgIpc) is 3.04. The molecule has 33 heavy (non-hydrogen) atoms. The zero-order valence-corrected chi connectivity index (χ0v) is 16.0. The van der Waals surface area contributed by atoms with Crippen LogP contribution in [0.5, 0.6) is 0 Å². The molecular weight excluding hydrogens is 464 g/mol. The van der Waals surface area contributed by atoms with Crippen molar-refractivity contribution in [2.75, 3.05) is 0 Å². The number of benzene rings is 2. The van der Waals surface area contributed by atoms with Gasteiger partial charge in [0, 0.05) is 22.5 Å². The fourth-order valence-electron chi connectivity index (χ4n) is 3.23. The van der Waals surface area contributed by atoms with E-state index in [4.69, 9.17) is 10.7 Å². The molecule has 2 N–H and O–H groups in total. The summed E-state index contributed by atoms with van der Waals surface area (Å²) in [6, 6.07) is 4.75. The van der Waals surface area contributed by atoms with E-state index in [0.717, 1.165) is 6.07 Å². The molecule has 0 saturated heterocycles. The molecule has 0 saturated carbocycles. The molecule has 0 spiro atoms. The minimum atomic E-state index is -5.15. The van der Waals surface area contributed by atoms with Crippen molar-refractivity contribution in [2.24, 2.45) is 0 Å². The van der Waals surface area contributed by atoms with E-state index < -0.39 is 75.6 Å². The van der Waals surface area contributed by atoms with Crippen LogP contribution in [-0.2, 0) is 18.9 Å². The Hall–Kier alpha value is -3.95. The Balaban J connectivity index is 2.06. The van der Waals surface area contributed by atoms with Gasteiger partial charge in [-0.05, 0) is 30.3 Å². The highest BCUT2D eigenvalue weighted by Gasteiger charge is 2.40. The summed E-state index contributed by atoms with van der Waals surface area (Å²) in [7, 11) is 0. The van der Waals surface area contributed by atoms with Crippen molar-refractivity contribution in [1.82, 2.24) is 9.88 Å². The molecule has 1 amide bonds. The van der Waals surface area contributed by atoms with Gasteiger partial charge in [-0.25, -0.2) is 8.78 Å². The van der Waals surface area contributed by atoms with E-state index in [1.54, 1.807) is 0 Å². The lowest BCUT2D eigenvalue weighted by atomic mass is 10.0. The molecule has 172 valence electrons. The van der Waals surface area contributed by atoms with Crippen molar-refractivity contribution in [3.63, 3.8) is 0 Å². The first-order valence-corrected chi connectivity index (χ1v) is 8.78. The van der Waals surface area contributed by atoms with Crippen molar-refractivity contribution in [1.29, 1.82) is 10.7 Å². The Kier molecular flexibility index (Phi) is 5.89. The lowest BCUT2D eigenvalue weighted by molar-refractivity contribution is -0.143. The molecule has 13 heteroatoms. The minimum absolute atomic E-state index is 0.204. The van der Waals surface area contributed by atoms with Crippen molar-refractivity contribution >= 4 is 22.6 Å². The van der Waals surface area contributed by atoms with Gasteiger partial charge in [-0.2, -0.15) is 31.6 Å². The summed E-state index contributed by atoms with van der Waals surface area (Å²) in [5.41, 5.74) is -5.18. The van der Waals surface area contributed by atoms with Crippen LogP contribution in [0.1, 0.15) is 27.2 Å². The van der Waals surface area contributed by atoms with Gasteiger partial charge >= 0.3 is 12.4 Å². The first-order chi connectivity index (χ1) is 15.2. The summed E-state index contributed by atoms with van der Waals surface area (Å²) in [5, 5.41) is 17.7. The Bertz CT molecular complexity index is 1290. The molecular formula is C20H10F8N4O. The van der Waals surface area contributed by atoms with Crippen LogP contribution in [0, 0.1) is 28.4 Å². The van der Waals surface area contributed by atoms with Gasteiger partial charge in [-0.1, -0.05) is 0 Å². The van der Waals surface area contributed by atoms with Gasteiger partial charge in [0.05, 0.1) is 23.7 Å². The van der Waals surface area contributed by atoms with Crippen LogP contribution in [0.25, 0.3) is 10.9 Å². The van der Waals surface area contributed by atoms with E-state index in [-0.39, 0.29) is 6.07 Å². The first kappa shape index (κ1) is 23.7.